The standard InChI is InChI=1S/C19H21N3O/c23-18(19(9-10-19)15-5-2-1-3-6-15)22-12-8-17(14-22)21-16-7-4-11-20-13-16/h1-7,11,13,17,21H,8-10,12,14H2/t17-/m1/s1. The largest absolute Gasteiger partial charge is 0.379 e. The third-order valence-electron chi connectivity index (χ3n) is 4.99. The number of rotatable bonds is 4. The summed E-state index contributed by atoms with van der Waals surface area (Å²) in [5.74, 6) is 0.305. The Kier molecular flexibility index (Phi) is 3.52. The van der Waals surface area contributed by atoms with Crippen molar-refractivity contribution in [2.24, 2.45) is 0 Å². The van der Waals surface area contributed by atoms with Gasteiger partial charge in [0.25, 0.3) is 0 Å². The molecule has 1 atom stereocenters. The molecule has 118 valence electrons. The van der Waals surface area contributed by atoms with E-state index in [2.05, 4.69) is 22.4 Å². The van der Waals surface area contributed by atoms with Gasteiger partial charge in [0, 0.05) is 31.5 Å². The molecule has 1 saturated carbocycles. The van der Waals surface area contributed by atoms with Crippen LogP contribution >= 0.6 is 0 Å². The Labute approximate surface area is 136 Å². The summed E-state index contributed by atoms with van der Waals surface area (Å²) in [6, 6.07) is 14.5. The molecule has 1 aromatic heterocycles. The molecular formula is C19H21N3O. The minimum atomic E-state index is -0.246. The lowest BCUT2D eigenvalue weighted by molar-refractivity contribution is -0.132. The first-order chi connectivity index (χ1) is 11.3. The van der Waals surface area contributed by atoms with Crippen LogP contribution < -0.4 is 5.32 Å². The number of anilines is 1. The molecule has 2 aliphatic rings. The van der Waals surface area contributed by atoms with Crippen molar-refractivity contribution >= 4 is 11.6 Å². The van der Waals surface area contributed by atoms with Gasteiger partial charge in [-0.1, -0.05) is 30.3 Å². The van der Waals surface area contributed by atoms with Crippen molar-refractivity contribution in [2.75, 3.05) is 18.4 Å². The summed E-state index contributed by atoms with van der Waals surface area (Å²) in [6.07, 6.45) is 6.55. The van der Waals surface area contributed by atoms with Crippen LogP contribution in [0, 0.1) is 0 Å². The molecule has 4 nitrogen and oxygen atoms in total. The van der Waals surface area contributed by atoms with E-state index >= 15 is 0 Å². The van der Waals surface area contributed by atoms with E-state index in [-0.39, 0.29) is 5.41 Å². The number of hydrogen-bond acceptors (Lipinski definition) is 3. The van der Waals surface area contributed by atoms with E-state index < -0.39 is 0 Å². The minimum Gasteiger partial charge on any atom is -0.379 e. The molecule has 1 amide bonds. The van der Waals surface area contributed by atoms with Gasteiger partial charge in [-0.3, -0.25) is 9.78 Å². The van der Waals surface area contributed by atoms with Crippen molar-refractivity contribution < 1.29 is 4.79 Å². The van der Waals surface area contributed by atoms with E-state index in [1.54, 1.807) is 6.20 Å². The van der Waals surface area contributed by atoms with Gasteiger partial charge in [-0.15, -0.1) is 0 Å². The van der Waals surface area contributed by atoms with E-state index in [9.17, 15) is 4.79 Å². The van der Waals surface area contributed by atoms with E-state index in [1.165, 1.54) is 5.56 Å². The number of nitrogens with one attached hydrogen (secondary N) is 1. The van der Waals surface area contributed by atoms with Crippen LogP contribution in [0.25, 0.3) is 0 Å². The van der Waals surface area contributed by atoms with Crippen LogP contribution in [0.1, 0.15) is 24.8 Å². The van der Waals surface area contributed by atoms with E-state index in [0.717, 1.165) is 38.0 Å². The van der Waals surface area contributed by atoms with Crippen molar-refractivity contribution in [2.45, 2.75) is 30.7 Å². The number of likely N-dealkylation sites (tertiary alicyclic amines) is 1. The average molecular weight is 307 g/mol. The van der Waals surface area contributed by atoms with E-state index in [4.69, 9.17) is 0 Å². The fourth-order valence-corrected chi connectivity index (χ4v) is 3.56. The summed E-state index contributed by atoms with van der Waals surface area (Å²) in [6.45, 7) is 1.62. The Hall–Kier alpha value is -2.36. The molecule has 0 bridgehead atoms. The Morgan fingerprint density at radius 1 is 1.17 bits per heavy atom. The zero-order valence-corrected chi connectivity index (χ0v) is 13.1. The second-order valence-corrected chi connectivity index (χ2v) is 6.57. The average Bonchev–Trinajstić information content (AvgIpc) is 3.30. The topological polar surface area (TPSA) is 45.2 Å². The van der Waals surface area contributed by atoms with Crippen LogP contribution in [-0.2, 0) is 10.2 Å². The van der Waals surface area contributed by atoms with Crippen molar-refractivity contribution in [3.05, 3.63) is 60.4 Å². The number of amides is 1. The van der Waals surface area contributed by atoms with Gasteiger partial charge >= 0.3 is 0 Å². The lowest BCUT2D eigenvalue weighted by Crippen LogP contribution is -2.39. The molecule has 2 heterocycles. The summed E-state index contributed by atoms with van der Waals surface area (Å²) in [5, 5.41) is 3.48. The van der Waals surface area contributed by atoms with Gasteiger partial charge in [0.2, 0.25) is 5.91 Å². The molecule has 2 fully saturated rings. The predicted molar refractivity (Wildman–Crippen MR) is 90.2 cm³/mol. The molecule has 1 aliphatic carbocycles. The summed E-state index contributed by atoms with van der Waals surface area (Å²) in [4.78, 5) is 19.2. The van der Waals surface area contributed by atoms with Crippen molar-refractivity contribution in [1.29, 1.82) is 0 Å². The smallest absolute Gasteiger partial charge is 0.233 e. The number of benzene rings is 1. The molecule has 1 saturated heterocycles. The van der Waals surface area contributed by atoms with Gasteiger partial charge in [0.05, 0.1) is 11.1 Å². The molecule has 0 unspecified atom stereocenters. The van der Waals surface area contributed by atoms with Crippen molar-refractivity contribution in [1.82, 2.24) is 9.88 Å². The van der Waals surface area contributed by atoms with Crippen LogP contribution in [0.2, 0.25) is 0 Å². The Bertz CT molecular complexity index is 682. The molecule has 0 spiro atoms. The number of pyridine rings is 1. The summed E-state index contributed by atoms with van der Waals surface area (Å²) in [5.41, 5.74) is 1.95. The number of hydrogen-bond donors (Lipinski definition) is 1. The van der Waals surface area contributed by atoms with Crippen LogP contribution in [0.4, 0.5) is 5.69 Å². The monoisotopic (exact) mass is 307 g/mol. The number of aromatic nitrogens is 1. The highest BCUT2D eigenvalue weighted by Crippen LogP contribution is 2.49. The SMILES string of the molecule is O=C(N1CC[C@@H](Nc2cccnc2)C1)C1(c2ccccc2)CC1. The second kappa shape index (κ2) is 5.69. The first-order valence-corrected chi connectivity index (χ1v) is 8.29. The summed E-state index contributed by atoms with van der Waals surface area (Å²) < 4.78 is 0. The van der Waals surface area contributed by atoms with Gasteiger partial charge in [0.1, 0.15) is 0 Å². The molecular weight excluding hydrogens is 286 g/mol. The lowest BCUT2D eigenvalue weighted by atomic mass is 9.94. The highest BCUT2D eigenvalue weighted by molar-refractivity contribution is 5.91. The van der Waals surface area contributed by atoms with Crippen molar-refractivity contribution in [3.8, 4) is 0 Å². The molecule has 4 rings (SSSR count). The number of nitrogens with zero attached hydrogens (tertiary/aromatic N) is 2. The van der Waals surface area contributed by atoms with Crippen LogP contribution in [0.15, 0.2) is 54.9 Å². The van der Waals surface area contributed by atoms with Crippen LogP contribution in [0.5, 0.6) is 0 Å². The molecule has 0 radical (unpaired) electrons. The second-order valence-electron chi connectivity index (χ2n) is 6.57. The Morgan fingerprint density at radius 3 is 2.70 bits per heavy atom. The lowest BCUT2D eigenvalue weighted by Gasteiger charge is -2.24. The molecule has 2 aromatic rings. The summed E-state index contributed by atoms with van der Waals surface area (Å²) in [7, 11) is 0. The van der Waals surface area contributed by atoms with E-state index in [1.807, 2.05) is 41.4 Å². The highest BCUT2D eigenvalue weighted by atomic mass is 16.2. The van der Waals surface area contributed by atoms with Crippen molar-refractivity contribution in [3.63, 3.8) is 0 Å². The molecule has 1 aliphatic heterocycles. The first-order valence-electron chi connectivity index (χ1n) is 8.29. The van der Waals surface area contributed by atoms with E-state index in [0.29, 0.717) is 11.9 Å². The van der Waals surface area contributed by atoms with Gasteiger partial charge in [-0.25, -0.2) is 0 Å². The zero-order chi connectivity index (χ0) is 15.7. The van der Waals surface area contributed by atoms with Gasteiger partial charge in [-0.05, 0) is 37.0 Å². The third-order valence-corrected chi connectivity index (χ3v) is 4.99. The maximum absolute atomic E-state index is 13.0. The maximum Gasteiger partial charge on any atom is 0.233 e. The molecule has 23 heavy (non-hydrogen) atoms. The molecule has 1 aromatic carbocycles. The Morgan fingerprint density at radius 2 is 2.00 bits per heavy atom. The van der Waals surface area contributed by atoms with Crippen LogP contribution in [0.3, 0.4) is 0 Å². The third kappa shape index (κ3) is 2.69. The number of carbonyl (C=O) groups is 1. The van der Waals surface area contributed by atoms with Crippen LogP contribution in [-0.4, -0.2) is 34.9 Å². The Balaban J connectivity index is 1.43. The van der Waals surface area contributed by atoms with Gasteiger partial charge in [-0.2, -0.15) is 0 Å². The first kappa shape index (κ1) is 14.2. The van der Waals surface area contributed by atoms with Gasteiger partial charge < -0.3 is 10.2 Å². The number of carbonyl (C=O) groups excluding carboxylic acids is 1. The molecule has 1 N–H and O–H groups in total. The molecule has 4 heteroatoms. The fraction of sp³-hybridized carbons (Fsp3) is 0.368. The quantitative estimate of drug-likeness (QED) is 0.944. The minimum absolute atomic E-state index is 0.246. The maximum atomic E-state index is 13.0. The predicted octanol–water partition coefficient (Wildman–Crippen LogP) is 2.83. The normalized spacial score (nSPS) is 21.9. The zero-order valence-electron chi connectivity index (χ0n) is 13.1. The summed E-state index contributed by atoms with van der Waals surface area (Å²) >= 11 is 0. The highest BCUT2D eigenvalue weighted by Gasteiger charge is 2.53. The van der Waals surface area contributed by atoms with Gasteiger partial charge in [0.15, 0.2) is 0 Å². The fourth-order valence-electron chi connectivity index (χ4n) is 3.56.